The van der Waals surface area contributed by atoms with Crippen LogP contribution in [-0.2, 0) is 6.54 Å². The largest absolute Gasteiger partial charge is 0.311 e. The van der Waals surface area contributed by atoms with Crippen LogP contribution in [0.5, 0.6) is 0 Å². The molecular weight excluding hydrogens is 367 g/mol. The molecule has 0 aliphatic heterocycles. The number of halogens is 1. The van der Waals surface area contributed by atoms with Crippen LogP contribution >= 0.6 is 0 Å². The Balaban J connectivity index is 1.54. The summed E-state index contributed by atoms with van der Waals surface area (Å²) in [6.07, 6.45) is 1.94. The van der Waals surface area contributed by atoms with Crippen LogP contribution in [0.15, 0.2) is 66.9 Å². The maximum Gasteiger partial charge on any atom is 0.183 e. The van der Waals surface area contributed by atoms with Gasteiger partial charge in [-0.2, -0.15) is 4.52 Å². The molecule has 0 amide bonds. The van der Waals surface area contributed by atoms with E-state index in [0.29, 0.717) is 13.1 Å². The van der Waals surface area contributed by atoms with Crippen LogP contribution in [0.3, 0.4) is 0 Å². The molecular formula is C22H23FN6. The Labute approximate surface area is 169 Å². The molecule has 7 heteroatoms. The molecule has 0 radical (unpaired) electrons. The fourth-order valence-electron chi connectivity index (χ4n) is 3.46. The summed E-state index contributed by atoms with van der Waals surface area (Å²) in [6, 6.07) is 19.1. The zero-order chi connectivity index (χ0) is 20.2. The second kappa shape index (κ2) is 8.46. The second-order valence-electron chi connectivity index (χ2n) is 7.23. The molecule has 0 unspecified atom stereocenters. The number of likely N-dealkylation sites (N-methyl/N-ethyl adjacent to an activating group) is 1. The van der Waals surface area contributed by atoms with Gasteiger partial charge in [0.05, 0.1) is 0 Å². The third-order valence-electron chi connectivity index (χ3n) is 5.01. The molecule has 2 aromatic heterocycles. The van der Waals surface area contributed by atoms with Gasteiger partial charge in [-0.1, -0.05) is 42.5 Å². The average molecular weight is 390 g/mol. The van der Waals surface area contributed by atoms with E-state index in [0.717, 1.165) is 27.9 Å². The van der Waals surface area contributed by atoms with E-state index >= 15 is 0 Å². The van der Waals surface area contributed by atoms with Gasteiger partial charge in [0.1, 0.15) is 5.82 Å². The number of nitrogens with one attached hydrogen (secondary N) is 1. The zero-order valence-electron chi connectivity index (χ0n) is 16.5. The standard InChI is InChI=1S/C22H23FN6/c1-28(2)21(17-8-10-20(23)11-9-17)14-24-13-18-12-19(16-6-4-3-5-7-16)15-29-22(18)25-26-27-29/h3-12,15,21,24H,13-14H2,1-2H3/t21-/m1/s1. The lowest BCUT2D eigenvalue weighted by Gasteiger charge is -2.25. The summed E-state index contributed by atoms with van der Waals surface area (Å²) in [7, 11) is 4.04. The Bertz CT molecular complexity index is 1080. The minimum absolute atomic E-state index is 0.125. The van der Waals surface area contributed by atoms with Gasteiger partial charge in [-0.3, -0.25) is 0 Å². The predicted octanol–water partition coefficient (Wildman–Crippen LogP) is 3.32. The quantitative estimate of drug-likeness (QED) is 0.525. The number of hydrogen-bond donors (Lipinski definition) is 1. The first-order chi connectivity index (χ1) is 14.1. The second-order valence-corrected chi connectivity index (χ2v) is 7.23. The first-order valence-electron chi connectivity index (χ1n) is 9.50. The van der Waals surface area contributed by atoms with E-state index in [1.54, 1.807) is 4.52 Å². The normalized spacial score (nSPS) is 12.6. The monoisotopic (exact) mass is 390 g/mol. The highest BCUT2D eigenvalue weighted by Crippen LogP contribution is 2.22. The maximum absolute atomic E-state index is 13.3. The van der Waals surface area contributed by atoms with Crippen LogP contribution in [0.4, 0.5) is 4.39 Å². The van der Waals surface area contributed by atoms with E-state index < -0.39 is 0 Å². The van der Waals surface area contributed by atoms with E-state index in [1.807, 2.05) is 50.6 Å². The lowest BCUT2D eigenvalue weighted by Crippen LogP contribution is -2.31. The highest BCUT2D eigenvalue weighted by molar-refractivity contribution is 5.66. The number of fused-ring (bicyclic) bond motifs is 1. The lowest BCUT2D eigenvalue weighted by molar-refractivity contribution is 0.288. The van der Waals surface area contributed by atoms with Crippen molar-refractivity contribution in [2.45, 2.75) is 12.6 Å². The topological polar surface area (TPSA) is 58.4 Å². The number of rotatable bonds is 7. The Morgan fingerprint density at radius 3 is 2.52 bits per heavy atom. The summed E-state index contributed by atoms with van der Waals surface area (Å²) < 4.78 is 15.0. The van der Waals surface area contributed by atoms with Crippen molar-refractivity contribution in [1.29, 1.82) is 0 Å². The predicted molar refractivity (Wildman–Crippen MR) is 111 cm³/mol. The van der Waals surface area contributed by atoms with Crippen molar-refractivity contribution < 1.29 is 4.39 Å². The average Bonchev–Trinajstić information content (AvgIpc) is 3.21. The van der Waals surface area contributed by atoms with Crippen molar-refractivity contribution in [3.63, 3.8) is 0 Å². The molecule has 0 aliphatic carbocycles. The summed E-state index contributed by atoms with van der Waals surface area (Å²) in [4.78, 5) is 2.12. The molecule has 29 heavy (non-hydrogen) atoms. The third kappa shape index (κ3) is 4.31. The van der Waals surface area contributed by atoms with Crippen LogP contribution in [0, 0.1) is 5.82 Å². The molecule has 1 N–H and O–H groups in total. The third-order valence-corrected chi connectivity index (χ3v) is 5.01. The van der Waals surface area contributed by atoms with Gasteiger partial charge in [-0.15, -0.1) is 5.10 Å². The van der Waals surface area contributed by atoms with Crippen LogP contribution in [0.25, 0.3) is 16.8 Å². The number of tetrazole rings is 1. The molecule has 2 heterocycles. The SMILES string of the molecule is CN(C)[C@H](CNCc1cc(-c2ccccc2)cn2nnnc12)c1ccc(F)cc1. The Morgan fingerprint density at radius 2 is 1.79 bits per heavy atom. The Hall–Kier alpha value is -3.16. The van der Waals surface area contributed by atoms with Gasteiger partial charge in [0.25, 0.3) is 0 Å². The van der Waals surface area contributed by atoms with Crippen LogP contribution in [-0.4, -0.2) is 45.6 Å². The molecule has 0 aliphatic rings. The molecule has 0 saturated carbocycles. The molecule has 0 spiro atoms. The number of nitrogens with zero attached hydrogens (tertiary/aromatic N) is 5. The molecule has 2 aromatic carbocycles. The molecule has 1 atom stereocenters. The summed E-state index contributed by atoms with van der Waals surface area (Å²) >= 11 is 0. The van der Waals surface area contributed by atoms with Crippen molar-refractivity contribution in [1.82, 2.24) is 30.3 Å². The van der Waals surface area contributed by atoms with Crippen molar-refractivity contribution in [2.75, 3.05) is 20.6 Å². The molecule has 0 bridgehead atoms. The number of pyridine rings is 1. The fraction of sp³-hybridized carbons (Fsp3) is 0.227. The van der Waals surface area contributed by atoms with Gasteiger partial charge >= 0.3 is 0 Å². The summed E-state index contributed by atoms with van der Waals surface area (Å²) in [5.74, 6) is -0.223. The minimum atomic E-state index is -0.223. The Morgan fingerprint density at radius 1 is 1.03 bits per heavy atom. The van der Waals surface area contributed by atoms with Gasteiger partial charge in [-0.25, -0.2) is 4.39 Å². The summed E-state index contributed by atoms with van der Waals surface area (Å²) in [5, 5.41) is 15.6. The summed E-state index contributed by atoms with van der Waals surface area (Å²) in [5.41, 5.74) is 5.00. The molecule has 0 saturated heterocycles. The molecule has 6 nitrogen and oxygen atoms in total. The van der Waals surface area contributed by atoms with E-state index in [1.165, 1.54) is 12.1 Å². The summed E-state index contributed by atoms with van der Waals surface area (Å²) in [6.45, 7) is 1.33. The van der Waals surface area contributed by atoms with Crippen LogP contribution < -0.4 is 5.32 Å². The first-order valence-corrected chi connectivity index (χ1v) is 9.50. The molecule has 4 rings (SSSR count). The lowest BCUT2D eigenvalue weighted by atomic mass is 10.0. The van der Waals surface area contributed by atoms with Gasteiger partial charge in [-0.05, 0) is 53.8 Å². The minimum Gasteiger partial charge on any atom is -0.311 e. The highest BCUT2D eigenvalue weighted by Gasteiger charge is 2.15. The van der Waals surface area contributed by atoms with Gasteiger partial charge in [0, 0.05) is 36.5 Å². The molecule has 0 fully saturated rings. The molecule has 4 aromatic rings. The first kappa shape index (κ1) is 19.2. The number of benzene rings is 2. The van der Waals surface area contributed by atoms with E-state index in [-0.39, 0.29) is 11.9 Å². The van der Waals surface area contributed by atoms with E-state index in [4.69, 9.17) is 0 Å². The molecule has 148 valence electrons. The van der Waals surface area contributed by atoms with Crippen LogP contribution in [0.2, 0.25) is 0 Å². The van der Waals surface area contributed by atoms with Crippen molar-refractivity contribution in [2.24, 2.45) is 0 Å². The van der Waals surface area contributed by atoms with Crippen LogP contribution in [0.1, 0.15) is 17.2 Å². The van der Waals surface area contributed by atoms with Gasteiger partial charge in [0.2, 0.25) is 0 Å². The fourth-order valence-corrected chi connectivity index (χ4v) is 3.46. The number of hydrogen-bond acceptors (Lipinski definition) is 5. The van der Waals surface area contributed by atoms with Crippen molar-refractivity contribution >= 4 is 5.65 Å². The number of aromatic nitrogens is 4. The highest BCUT2D eigenvalue weighted by atomic mass is 19.1. The van der Waals surface area contributed by atoms with Crippen molar-refractivity contribution in [3.8, 4) is 11.1 Å². The maximum atomic E-state index is 13.3. The zero-order valence-corrected chi connectivity index (χ0v) is 16.5. The smallest absolute Gasteiger partial charge is 0.183 e. The van der Waals surface area contributed by atoms with Crippen molar-refractivity contribution in [3.05, 3.63) is 83.8 Å². The van der Waals surface area contributed by atoms with E-state index in [9.17, 15) is 4.39 Å². The Kier molecular flexibility index (Phi) is 5.59. The van der Waals surface area contributed by atoms with Gasteiger partial charge in [0.15, 0.2) is 5.65 Å². The van der Waals surface area contributed by atoms with Gasteiger partial charge < -0.3 is 10.2 Å². The van der Waals surface area contributed by atoms with E-state index in [2.05, 4.69) is 43.9 Å².